The largest absolute Gasteiger partial charge is 0.371 e. The number of hydrogen-bond donors (Lipinski definition) is 1. The van der Waals surface area contributed by atoms with Crippen LogP contribution in [0.15, 0.2) is 35.1 Å². The van der Waals surface area contributed by atoms with Crippen molar-refractivity contribution >= 4 is 34.2 Å². The number of rotatable bonds is 5. The fraction of sp³-hybridized carbons (Fsp3) is 0.429. The van der Waals surface area contributed by atoms with Crippen LogP contribution in [0.2, 0.25) is 0 Å². The van der Waals surface area contributed by atoms with Gasteiger partial charge in [0.2, 0.25) is 0 Å². The van der Waals surface area contributed by atoms with Crippen molar-refractivity contribution in [1.82, 2.24) is 4.57 Å². The monoisotopic (exact) mass is 464 g/mol. The van der Waals surface area contributed by atoms with E-state index in [1.165, 1.54) is 5.56 Å². The number of Topliss-reactive ketones (excluding diaryl/α,β-unsaturated/α-hetero) is 1. The van der Waals surface area contributed by atoms with Crippen molar-refractivity contribution in [2.24, 2.45) is 5.41 Å². The lowest BCUT2D eigenvalue weighted by molar-refractivity contribution is 0.0908. The first kappa shape index (κ1) is 19.1. The molecule has 0 spiro atoms. The van der Waals surface area contributed by atoms with Crippen LogP contribution in [-0.4, -0.2) is 16.9 Å². The van der Waals surface area contributed by atoms with Crippen LogP contribution in [0.1, 0.15) is 55.2 Å². The van der Waals surface area contributed by atoms with Gasteiger partial charge in [-0.05, 0) is 36.0 Å². The summed E-state index contributed by atoms with van der Waals surface area (Å²) in [5, 5.41) is 3.38. The van der Waals surface area contributed by atoms with Crippen LogP contribution in [-0.2, 0) is 10.8 Å². The minimum Gasteiger partial charge on any atom is -0.371 e. The quantitative estimate of drug-likeness (QED) is 0.514. The van der Waals surface area contributed by atoms with Crippen molar-refractivity contribution in [3.63, 3.8) is 0 Å². The van der Waals surface area contributed by atoms with Crippen molar-refractivity contribution in [1.29, 1.82) is 0 Å². The molecule has 0 unspecified atom stereocenters. The zero-order chi connectivity index (χ0) is 18.9. The van der Waals surface area contributed by atoms with E-state index < -0.39 is 0 Å². The fourth-order valence-electron chi connectivity index (χ4n) is 3.62. The first-order valence-electron chi connectivity index (χ1n) is 9.07. The highest BCUT2D eigenvalue weighted by Gasteiger charge is 2.35. The highest BCUT2D eigenvalue weighted by Crippen LogP contribution is 2.36. The smallest absolute Gasteiger partial charge is 0.194 e. The third-order valence-corrected chi connectivity index (χ3v) is 5.64. The van der Waals surface area contributed by atoms with E-state index in [1.807, 2.05) is 12.1 Å². The molecule has 0 bridgehead atoms. The summed E-state index contributed by atoms with van der Waals surface area (Å²) in [6.45, 7) is 7.06. The van der Waals surface area contributed by atoms with Crippen molar-refractivity contribution in [2.75, 3.05) is 11.9 Å². The number of nitrogens with zero attached hydrogens (tertiary/aromatic N) is 1. The number of alkyl halides is 1. The molecule has 1 aromatic carbocycles. The molecule has 3 rings (SSSR count). The van der Waals surface area contributed by atoms with Gasteiger partial charge in [0, 0.05) is 34.8 Å². The number of pyridine rings is 1. The van der Waals surface area contributed by atoms with E-state index in [0.29, 0.717) is 18.4 Å². The number of nitrogens with one attached hydrogen (secondary N) is 1. The summed E-state index contributed by atoms with van der Waals surface area (Å²) in [6, 6.07) is 9.90. The first-order valence-corrected chi connectivity index (χ1v) is 10.6. The summed E-state index contributed by atoms with van der Waals surface area (Å²) in [5.41, 5.74) is 3.11. The molecule has 1 heterocycles. The van der Waals surface area contributed by atoms with Gasteiger partial charge in [-0.15, -0.1) is 0 Å². The molecule has 4 nitrogen and oxygen atoms in total. The Morgan fingerprint density at radius 3 is 2.65 bits per heavy atom. The Kier molecular flexibility index (Phi) is 5.55. The minimum atomic E-state index is -0.166. The second-order valence-electron chi connectivity index (χ2n) is 7.72. The third kappa shape index (κ3) is 3.72. The Balaban J connectivity index is 2.30. The molecule has 0 saturated heterocycles. The Morgan fingerprint density at radius 1 is 1.19 bits per heavy atom. The van der Waals surface area contributed by atoms with Gasteiger partial charge in [-0.1, -0.05) is 55.5 Å². The standard InChI is InChI=1S/C21H25IN2O2/c1-4-8-23-19-10-17(25)20-16(11-21(2,3)12-18(20)26)24(19)15-7-5-6-14(9-15)13-22/h5-7,9-10,23H,4,8,11-13H2,1-3H3. The van der Waals surface area contributed by atoms with E-state index in [0.717, 1.165) is 34.6 Å². The molecule has 0 radical (unpaired) electrons. The average Bonchev–Trinajstić information content (AvgIpc) is 2.58. The number of carbonyl (C=O) groups excluding carboxylic acids is 1. The maximum absolute atomic E-state index is 12.7. The number of halogens is 1. The molecule has 2 aromatic rings. The molecule has 5 heteroatoms. The molecular weight excluding hydrogens is 439 g/mol. The summed E-state index contributed by atoms with van der Waals surface area (Å²) in [7, 11) is 0. The maximum atomic E-state index is 12.7. The van der Waals surface area contributed by atoms with Gasteiger partial charge >= 0.3 is 0 Å². The van der Waals surface area contributed by atoms with Crippen LogP contribution in [0, 0.1) is 5.41 Å². The molecule has 0 saturated carbocycles. The van der Waals surface area contributed by atoms with Crippen LogP contribution in [0.5, 0.6) is 0 Å². The summed E-state index contributed by atoms with van der Waals surface area (Å²) in [4.78, 5) is 25.4. The molecule has 1 aliphatic rings. The van der Waals surface area contributed by atoms with E-state index in [9.17, 15) is 9.59 Å². The lowest BCUT2D eigenvalue weighted by Gasteiger charge is -2.33. The van der Waals surface area contributed by atoms with Crippen molar-refractivity contribution < 1.29 is 4.79 Å². The zero-order valence-electron chi connectivity index (χ0n) is 15.6. The van der Waals surface area contributed by atoms with Crippen LogP contribution in [0.25, 0.3) is 5.69 Å². The fourth-order valence-corrected chi connectivity index (χ4v) is 4.10. The van der Waals surface area contributed by atoms with Gasteiger partial charge in [0.25, 0.3) is 0 Å². The normalized spacial score (nSPS) is 15.6. The summed E-state index contributed by atoms with van der Waals surface area (Å²) in [5.74, 6) is 0.730. The lowest BCUT2D eigenvalue weighted by Crippen LogP contribution is -2.35. The number of benzene rings is 1. The van der Waals surface area contributed by atoms with Gasteiger partial charge in [0.15, 0.2) is 11.2 Å². The molecule has 26 heavy (non-hydrogen) atoms. The van der Waals surface area contributed by atoms with Crippen LogP contribution in [0.3, 0.4) is 0 Å². The summed E-state index contributed by atoms with van der Waals surface area (Å²) in [6.07, 6.45) is 2.09. The molecule has 0 atom stereocenters. The predicted molar refractivity (Wildman–Crippen MR) is 115 cm³/mol. The first-order chi connectivity index (χ1) is 12.4. The number of ketones is 1. The highest BCUT2D eigenvalue weighted by molar-refractivity contribution is 14.1. The number of anilines is 1. The maximum Gasteiger partial charge on any atom is 0.194 e. The van der Waals surface area contributed by atoms with Crippen LogP contribution in [0.4, 0.5) is 5.82 Å². The topological polar surface area (TPSA) is 51.1 Å². The second-order valence-corrected chi connectivity index (χ2v) is 8.48. The Bertz CT molecular complexity index is 899. The van der Waals surface area contributed by atoms with Crippen molar-refractivity contribution in [3.8, 4) is 5.69 Å². The van der Waals surface area contributed by atoms with Crippen molar-refractivity contribution in [2.45, 2.75) is 44.5 Å². The lowest BCUT2D eigenvalue weighted by atomic mass is 9.75. The van der Waals surface area contributed by atoms with Gasteiger partial charge in [0.1, 0.15) is 5.82 Å². The average molecular weight is 464 g/mol. The molecule has 138 valence electrons. The Morgan fingerprint density at radius 2 is 1.96 bits per heavy atom. The van der Waals surface area contributed by atoms with Gasteiger partial charge in [-0.2, -0.15) is 0 Å². The van der Waals surface area contributed by atoms with E-state index in [1.54, 1.807) is 6.07 Å². The van der Waals surface area contributed by atoms with Gasteiger partial charge in [-0.25, -0.2) is 0 Å². The van der Waals surface area contributed by atoms with Gasteiger partial charge in [0.05, 0.1) is 5.56 Å². The number of fused-ring (bicyclic) bond motifs is 1. The van der Waals surface area contributed by atoms with E-state index in [-0.39, 0.29) is 16.6 Å². The number of aromatic nitrogens is 1. The summed E-state index contributed by atoms with van der Waals surface area (Å²) < 4.78 is 3.00. The molecule has 1 aromatic heterocycles. The minimum absolute atomic E-state index is 0.0397. The Labute approximate surface area is 168 Å². The third-order valence-electron chi connectivity index (χ3n) is 4.76. The molecule has 0 aliphatic heterocycles. The van der Waals surface area contributed by atoms with Gasteiger partial charge in [-0.3, -0.25) is 14.2 Å². The van der Waals surface area contributed by atoms with Crippen molar-refractivity contribution in [3.05, 3.63) is 57.4 Å². The SMILES string of the molecule is CCCNc1cc(=O)c2c(n1-c1cccc(CI)c1)CC(C)(C)CC2=O. The highest BCUT2D eigenvalue weighted by atomic mass is 127. The van der Waals surface area contributed by atoms with Crippen LogP contribution < -0.4 is 10.7 Å². The second kappa shape index (κ2) is 7.55. The summed E-state index contributed by atoms with van der Waals surface area (Å²) >= 11 is 2.35. The molecule has 0 amide bonds. The van der Waals surface area contributed by atoms with E-state index in [4.69, 9.17) is 0 Å². The van der Waals surface area contributed by atoms with Gasteiger partial charge < -0.3 is 5.32 Å². The predicted octanol–water partition coefficient (Wildman–Crippen LogP) is 4.75. The molecular formula is C21H25IN2O2. The Hall–Kier alpha value is -1.63. The number of carbonyl (C=O) groups is 1. The molecule has 1 aliphatic carbocycles. The van der Waals surface area contributed by atoms with E-state index >= 15 is 0 Å². The zero-order valence-corrected chi connectivity index (χ0v) is 17.7. The van der Waals surface area contributed by atoms with E-state index in [2.05, 4.69) is 65.4 Å². The number of hydrogen-bond acceptors (Lipinski definition) is 3. The van der Waals surface area contributed by atoms with Crippen LogP contribution >= 0.6 is 22.6 Å². The molecule has 0 fully saturated rings. The molecule has 1 N–H and O–H groups in total.